The molecule has 0 bridgehead atoms. The van der Waals surface area contributed by atoms with Crippen molar-refractivity contribution in [2.24, 2.45) is 0 Å². The third-order valence-electron chi connectivity index (χ3n) is 1.79. The van der Waals surface area contributed by atoms with Crippen molar-refractivity contribution in [3.63, 3.8) is 0 Å². The molecular weight excluding hydrogens is 208 g/mol. The Morgan fingerprint density at radius 3 is 2.29 bits per heavy atom. The number of nitrogens with zero attached hydrogens (tertiary/aromatic N) is 2. The number of amides is 4. The highest BCUT2D eigenvalue weighted by atomic mass is 35.5. The zero-order valence-electron chi connectivity index (χ0n) is 7.57. The summed E-state index contributed by atoms with van der Waals surface area (Å²) in [4.78, 5) is 35.1. The van der Waals surface area contributed by atoms with Gasteiger partial charge in [-0.25, -0.2) is 4.79 Å². The van der Waals surface area contributed by atoms with Gasteiger partial charge in [-0.15, -0.1) is 11.6 Å². The van der Waals surface area contributed by atoms with Crippen LogP contribution in [0.3, 0.4) is 0 Å². The Bertz CT molecular complexity index is 314. The standard InChI is InChI=1S/C8H9ClN2O3/c1-10-6(12)7(13)11(8(10)14)5-3-2-4-9/h2-3H,4-5H2,1H3. The maximum absolute atomic E-state index is 11.3. The van der Waals surface area contributed by atoms with E-state index in [1.165, 1.54) is 7.05 Å². The molecule has 0 atom stereocenters. The number of allylic oxidation sites excluding steroid dienone is 1. The molecule has 0 spiro atoms. The summed E-state index contributed by atoms with van der Waals surface area (Å²) >= 11 is 5.36. The molecule has 1 fully saturated rings. The Morgan fingerprint density at radius 1 is 1.21 bits per heavy atom. The lowest BCUT2D eigenvalue weighted by molar-refractivity contribution is -0.142. The minimum atomic E-state index is -0.797. The fourth-order valence-electron chi connectivity index (χ4n) is 1.02. The second-order valence-corrected chi connectivity index (χ2v) is 3.00. The Kier molecular flexibility index (Phi) is 3.24. The predicted octanol–water partition coefficient (Wildman–Crippen LogP) is 0.202. The van der Waals surface area contributed by atoms with E-state index in [0.29, 0.717) is 5.88 Å². The van der Waals surface area contributed by atoms with Crippen LogP contribution in [0.1, 0.15) is 0 Å². The van der Waals surface area contributed by atoms with Crippen LogP contribution in [-0.4, -0.2) is 47.1 Å². The van der Waals surface area contributed by atoms with Crippen molar-refractivity contribution < 1.29 is 14.4 Å². The summed E-state index contributed by atoms with van der Waals surface area (Å²) in [6.45, 7) is 0.0838. The van der Waals surface area contributed by atoms with E-state index in [9.17, 15) is 14.4 Å². The zero-order chi connectivity index (χ0) is 10.7. The molecule has 0 unspecified atom stereocenters. The summed E-state index contributed by atoms with van der Waals surface area (Å²) in [6, 6.07) is -0.598. The molecule has 1 aliphatic heterocycles. The molecule has 1 saturated heterocycles. The lowest BCUT2D eigenvalue weighted by Gasteiger charge is -2.09. The highest BCUT2D eigenvalue weighted by molar-refractivity contribution is 6.44. The number of carbonyl (C=O) groups is 3. The molecule has 6 heteroatoms. The monoisotopic (exact) mass is 216 g/mol. The molecule has 0 saturated carbocycles. The van der Waals surface area contributed by atoms with Crippen LogP contribution in [0.15, 0.2) is 12.2 Å². The highest BCUT2D eigenvalue weighted by Gasteiger charge is 2.41. The number of halogens is 1. The van der Waals surface area contributed by atoms with Gasteiger partial charge in [0.05, 0.1) is 0 Å². The molecule has 0 N–H and O–H groups in total. The first-order chi connectivity index (χ1) is 6.59. The Morgan fingerprint density at radius 2 is 1.86 bits per heavy atom. The molecule has 1 rings (SSSR count). The van der Waals surface area contributed by atoms with Crippen LogP contribution in [0, 0.1) is 0 Å². The van der Waals surface area contributed by atoms with Gasteiger partial charge in [-0.2, -0.15) is 0 Å². The van der Waals surface area contributed by atoms with Gasteiger partial charge in [0, 0.05) is 19.5 Å². The molecule has 0 aromatic rings. The van der Waals surface area contributed by atoms with Crippen molar-refractivity contribution in [3.05, 3.63) is 12.2 Å². The number of rotatable bonds is 3. The normalized spacial score (nSPS) is 17.7. The number of alkyl halides is 1. The van der Waals surface area contributed by atoms with Crippen molar-refractivity contribution in [2.75, 3.05) is 19.5 Å². The summed E-state index contributed by atoms with van der Waals surface area (Å²) in [5.74, 6) is -1.29. The average molecular weight is 217 g/mol. The molecular formula is C8H9ClN2O3. The number of carbonyl (C=O) groups excluding carboxylic acids is 3. The minimum Gasteiger partial charge on any atom is -0.263 e. The molecule has 14 heavy (non-hydrogen) atoms. The number of hydrogen-bond acceptors (Lipinski definition) is 3. The molecule has 4 amide bonds. The van der Waals surface area contributed by atoms with Gasteiger partial charge < -0.3 is 0 Å². The SMILES string of the molecule is CN1C(=O)C(=O)N(CC=CCCl)C1=O. The zero-order valence-corrected chi connectivity index (χ0v) is 8.32. The Balaban J connectivity index is 2.71. The first-order valence-electron chi connectivity index (χ1n) is 3.94. The lowest BCUT2D eigenvalue weighted by atomic mass is 10.4. The molecule has 76 valence electrons. The van der Waals surface area contributed by atoms with Gasteiger partial charge in [-0.3, -0.25) is 19.4 Å². The second kappa shape index (κ2) is 4.23. The van der Waals surface area contributed by atoms with E-state index >= 15 is 0 Å². The number of hydrogen-bond donors (Lipinski definition) is 0. The van der Waals surface area contributed by atoms with E-state index in [-0.39, 0.29) is 6.54 Å². The van der Waals surface area contributed by atoms with Crippen molar-refractivity contribution in [1.29, 1.82) is 0 Å². The third kappa shape index (κ3) is 1.77. The van der Waals surface area contributed by atoms with Crippen molar-refractivity contribution in [3.8, 4) is 0 Å². The molecule has 0 aromatic heterocycles. The molecule has 0 aliphatic carbocycles. The van der Waals surface area contributed by atoms with Crippen LogP contribution in [-0.2, 0) is 9.59 Å². The average Bonchev–Trinajstić information content (AvgIpc) is 2.35. The summed E-state index contributed by atoms with van der Waals surface area (Å²) < 4.78 is 0. The largest absolute Gasteiger partial charge is 0.334 e. The maximum atomic E-state index is 11.3. The van der Waals surface area contributed by atoms with E-state index < -0.39 is 17.8 Å². The quantitative estimate of drug-likeness (QED) is 0.293. The molecule has 1 heterocycles. The van der Waals surface area contributed by atoms with Crippen LogP contribution in [0.4, 0.5) is 4.79 Å². The minimum absolute atomic E-state index is 0.0838. The van der Waals surface area contributed by atoms with E-state index in [0.717, 1.165) is 9.80 Å². The summed E-state index contributed by atoms with van der Waals surface area (Å²) in [6.07, 6.45) is 3.17. The van der Waals surface area contributed by atoms with Gasteiger partial charge in [0.2, 0.25) is 0 Å². The van der Waals surface area contributed by atoms with Crippen molar-refractivity contribution in [2.45, 2.75) is 0 Å². The van der Waals surface area contributed by atoms with Gasteiger partial charge >= 0.3 is 17.8 Å². The van der Waals surface area contributed by atoms with Crippen molar-refractivity contribution >= 4 is 29.4 Å². The van der Waals surface area contributed by atoms with Crippen LogP contribution in [0.5, 0.6) is 0 Å². The molecule has 0 aromatic carbocycles. The van der Waals surface area contributed by atoms with Gasteiger partial charge in [-0.05, 0) is 0 Å². The lowest BCUT2D eigenvalue weighted by Crippen LogP contribution is -2.31. The summed E-state index contributed by atoms with van der Waals surface area (Å²) in [5, 5.41) is 0. The van der Waals surface area contributed by atoms with Gasteiger partial charge in [-0.1, -0.05) is 12.2 Å². The van der Waals surface area contributed by atoms with Crippen molar-refractivity contribution in [1.82, 2.24) is 9.80 Å². The van der Waals surface area contributed by atoms with E-state index in [1.807, 2.05) is 0 Å². The van der Waals surface area contributed by atoms with Crippen LogP contribution in [0.25, 0.3) is 0 Å². The van der Waals surface area contributed by atoms with E-state index in [2.05, 4.69) is 0 Å². The summed E-state index contributed by atoms with van der Waals surface area (Å²) in [7, 11) is 1.27. The second-order valence-electron chi connectivity index (χ2n) is 2.69. The Hall–Kier alpha value is -1.36. The molecule has 0 radical (unpaired) electrons. The Labute approximate surface area is 85.9 Å². The topological polar surface area (TPSA) is 57.7 Å². The smallest absolute Gasteiger partial charge is 0.263 e. The summed E-state index contributed by atoms with van der Waals surface area (Å²) in [5.41, 5.74) is 0. The first kappa shape index (κ1) is 10.7. The van der Waals surface area contributed by atoms with Gasteiger partial charge in [0.15, 0.2) is 0 Å². The fraction of sp³-hybridized carbons (Fsp3) is 0.375. The van der Waals surface area contributed by atoms with E-state index in [4.69, 9.17) is 11.6 Å². The molecule has 1 aliphatic rings. The van der Waals surface area contributed by atoms with Gasteiger partial charge in [0.25, 0.3) is 0 Å². The van der Waals surface area contributed by atoms with Gasteiger partial charge in [0.1, 0.15) is 0 Å². The van der Waals surface area contributed by atoms with Crippen LogP contribution >= 0.6 is 11.6 Å². The number of imide groups is 2. The third-order valence-corrected chi connectivity index (χ3v) is 1.97. The molecule has 5 nitrogen and oxygen atoms in total. The fourth-order valence-corrected chi connectivity index (χ4v) is 1.14. The van der Waals surface area contributed by atoms with Crippen LogP contribution < -0.4 is 0 Å². The first-order valence-corrected chi connectivity index (χ1v) is 4.47. The number of urea groups is 1. The van der Waals surface area contributed by atoms with E-state index in [1.54, 1.807) is 12.2 Å². The highest BCUT2D eigenvalue weighted by Crippen LogP contribution is 2.08. The predicted molar refractivity (Wildman–Crippen MR) is 49.7 cm³/mol. The number of likely N-dealkylation sites (N-methyl/N-ethyl adjacent to an activating group) is 1. The van der Waals surface area contributed by atoms with Crippen LogP contribution in [0.2, 0.25) is 0 Å². The maximum Gasteiger partial charge on any atom is 0.334 e.